The number of hydrogen-bond donors (Lipinski definition) is 0. The van der Waals surface area contributed by atoms with Gasteiger partial charge < -0.3 is 0 Å². The van der Waals surface area contributed by atoms with Crippen molar-refractivity contribution in [1.82, 2.24) is 0 Å². The number of allylic oxidation sites excluding steroid dienone is 2. The lowest BCUT2D eigenvalue weighted by atomic mass is 9.86. The first-order valence-electron chi connectivity index (χ1n) is 4.72. The van der Waals surface area contributed by atoms with Crippen molar-refractivity contribution >= 4 is 15.9 Å². The van der Waals surface area contributed by atoms with Gasteiger partial charge in [-0.05, 0) is 16.8 Å². The van der Waals surface area contributed by atoms with Gasteiger partial charge in [0.05, 0.1) is 0 Å². The van der Waals surface area contributed by atoms with E-state index in [1.54, 1.807) is 5.57 Å². The van der Waals surface area contributed by atoms with Crippen LogP contribution < -0.4 is 0 Å². The maximum atomic E-state index is 3.55. The predicted molar refractivity (Wildman–Crippen MR) is 51.8 cm³/mol. The lowest BCUT2D eigenvalue weighted by Crippen LogP contribution is -2.04. The monoisotopic (exact) mass is 214 g/mol. The molecular formula is C10H15Br. The van der Waals surface area contributed by atoms with Crippen LogP contribution in [0.4, 0.5) is 0 Å². The maximum Gasteiger partial charge on any atom is 0.00102 e. The SMILES string of the molecule is BrC1=C(CC2CCCCC2)C1. The van der Waals surface area contributed by atoms with Gasteiger partial charge in [-0.1, -0.05) is 53.6 Å². The van der Waals surface area contributed by atoms with Crippen LogP contribution >= 0.6 is 15.9 Å². The van der Waals surface area contributed by atoms with Gasteiger partial charge in [-0.2, -0.15) is 0 Å². The van der Waals surface area contributed by atoms with Crippen LogP contribution in [0.1, 0.15) is 44.9 Å². The maximum absolute atomic E-state index is 3.55. The summed E-state index contributed by atoms with van der Waals surface area (Å²) in [7, 11) is 0. The molecule has 0 unspecified atom stereocenters. The summed E-state index contributed by atoms with van der Waals surface area (Å²) in [6, 6.07) is 0. The summed E-state index contributed by atoms with van der Waals surface area (Å²) in [5.41, 5.74) is 1.71. The summed E-state index contributed by atoms with van der Waals surface area (Å²) in [6.07, 6.45) is 10.1. The smallest absolute Gasteiger partial charge is 0.00102 e. The van der Waals surface area contributed by atoms with Crippen molar-refractivity contribution < 1.29 is 0 Å². The second-order valence-electron chi connectivity index (χ2n) is 3.89. The second-order valence-corrected chi connectivity index (χ2v) is 4.85. The Hall–Kier alpha value is 0.220. The van der Waals surface area contributed by atoms with Crippen molar-refractivity contribution in [3.8, 4) is 0 Å². The molecule has 2 aliphatic carbocycles. The molecule has 2 aliphatic rings. The summed E-state index contributed by atoms with van der Waals surface area (Å²) in [6.45, 7) is 0. The van der Waals surface area contributed by atoms with Gasteiger partial charge in [0.1, 0.15) is 0 Å². The van der Waals surface area contributed by atoms with Crippen molar-refractivity contribution in [3.05, 3.63) is 10.1 Å². The van der Waals surface area contributed by atoms with Gasteiger partial charge in [0.25, 0.3) is 0 Å². The summed E-state index contributed by atoms with van der Waals surface area (Å²) in [5, 5.41) is 0. The van der Waals surface area contributed by atoms with E-state index < -0.39 is 0 Å². The molecule has 1 saturated carbocycles. The third-order valence-corrected chi connectivity index (χ3v) is 3.73. The van der Waals surface area contributed by atoms with Gasteiger partial charge in [0, 0.05) is 6.42 Å². The van der Waals surface area contributed by atoms with E-state index in [9.17, 15) is 0 Å². The van der Waals surface area contributed by atoms with E-state index in [-0.39, 0.29) is 0 Å². The number of halogens is 1. The van der Waals surface area contributed by atoms with E-state index in [2.05, 4.69) is 15.9 Å². The zero-order valence-corrected chi connectivity index (χ0v) is 8.49. The molecule has 0 radical (unpaired) electrons. The number of rotatable bonds is 2. The standard InChI is InChI=1S/C10H15Br/c11-10-7-9(10)6-8-4-2-1-3-5-8/h8H,1-7H2. The average Bonchev–Trinajstić information content (AvgIpc) is 2.69. The summed E-state index contributed by atoms with van der Waals surface area (Å²) >= 11 is 3.55. The highest BCUT2D eigenvalue weighted by Crippen LogP contribution is 2.42. The fourth-order valence-corrected chi connectivity index (χ4v) is 2.57. The minimum Gasteiger partial charge on any atom is -0.0553 e. The molecule has 11 heavy (non-hydrogen) atoms. The van der Waals surface area contributed by atoms with Crippen LogP contribution in [0.15, 0.2) is 10.1 Å². The fraction of sp³-hybridized carbons (Fsp3) is 0.800. The quantitative estimate of drug-likeness (QED) is 0.652. The first kappa shape index (κ1) is 7.85. The molecule has 0 aromatic heterocycles. The van der Waals surface area contributed by atoms with Crippen molar-refractivity contribution in [2.75, 3.05) is 0 Å². The van der Waals surface area contributed by atoms with Crippen LogP contribution in [0.3, 0.4) is 0 Å². The lowest BCUT2D eigenvalue weighted by Gasteiger charge is -2.19. The highest BCUT2D eigenvalue weighted by atomic mass is 79.9. The Balaban J connectivity index is 1.77. The van der Waals surface area contributed by atoms with E-state index in [0.717, 1.165) is 5.92 Å². The second kappa shape index (κ2) is 3.30. The molecule has 0 spiro atoms. The van der Waals surface area contributed by atoms with Gasteiger partial charge in [0.2, 0.25) is 0 Å². The van der Waals surface area contributed by atoms with E-state index in [0.29, 0.717) is 0 Å². The molecule has 62 valence electrons. The Kier molecular flexibility index (Phi) is 2.36. The fourth-order valence-electron chi connectivity index (χ4n) is 2.07. The molecule has 1 fully saturated rings. The summed E-state index contributed by atoms with van der Waals surface area (Å²) in [4.78, 5) is 0. The van der Waals surface area contributed by atoms with E-state index in [1.807, 2.05) is 0 Å². The average molecular weight is 215 g/mol. The van der Waals surface area contributed by atoms with Crippen molar-refractivity contribution in [2.24, 2.45) is 5.92 Å². The molecular weight excluding hydrogens is 200 g/mol. The molecule has 0 bridgehead atoms. The zero-order chi connectivity index (χ0) is 7.68. The Bertz CT molecular complexity index is 175. The van der Waals surface area contributed by atoms with E-state index in [1.165, 1.54) is 49.4 Å². The van der Waals surface area contributed by atoms with E-state index in [4.69, 9.17) is 0 Å². The molecule has 0 aromatic carbocycles. The third kappa shape index (κ3) is 2.08. The molecule has 0 nitrogen and oxygen atoms in total. The molecule has 0 aliphatic heterocycles. The molecule has 2 rings (SSSR count). The van der Waals surface area contributed by atoms with Crippen LogP contribution in [0.25, 0.3) is 0 Å². The van der Waals surface area contributed by atoms with Crippen LogP contribution in [-0.4, -0.2) is 0 Å². The largest absolute Gasteiger partial charge is 0.0553 e. The predicted octanol–water partition coefficient (Wildman–Crippen LogP) is 4.01. The van der Waals surface area contributed by atoms with Crippen molar-refractivity contribution in [2.45, 2.75) is 44.9 Å². The van der Waals surface area contributed by atoms with Gasteiger partial charge in [0.15, 0.2) is 0 Å². The normalized spacial score (nSPS) is 25.9. The summed E-state index contributed by atoms with van der Waals surface area (Å²) in [5.74, 6) is 1.04. The molecule has 0 aromatic rings. The highest BCUT2D eigenvalue weighted by Gasteiger charge is 2.23. The van der Waals surface area contributed by atoms with Crippen LogP contribution in [0.5, 0.6) is 0 Å². The Labute approximate surface area is 77.2 Å². The summed E-state index contributed by atoms with van der Waals surface area (Å²) < 4.78 is 1.50. The molecule has 0 saturated heterocycles. The molecule has 0 amide bonds. The highest BCUT2D eigenvalue weighted by molar-refractivity contribution is 9.12. The van der Waals surface area contributed by atoms with Gasteiger partial charge >= 0.3 is 0 Å². The Morgan fingerprint density at radius 3 is 2.36 bits per heavy atom. The Morgan fingerprint density at radius 1 is 1.18 bits per heavy atom. The van der Waals surface area contributed by atoms with Gasteiger partial charge in [-0.25, -0.2) is 0 Å². The Morgan fingerprint density at radius 2 is 1.82 bits per heavy atom. The van der Waals surface area contributed by atoms with Crippen molar-refractivity contribution in [3.63, 3.8) is 0 Å². The van der Waals surface area contributed by atoms with Crippen LogP contribution in [-0.2, 0) is 0 Å². The third-order valence-electron chi connectivity index (χ3n) is 2.89. The molecule has 1 heteroatoms. The number of hydrogen-bond acceptors (Lipinski definition) is 0. The topological polar surface area (TPSA) is 0 Å². The van der Waals surface area contributed by atoms with Gasteiger partial charge in [-0.15, -0.1) is 0 Å². The van der Waals surface area contributed by atoms with Crippen LogP contribution in [0, 0.1) is 5.92 Å². The van der Waals surface area contributed by atoms with E-state index >= 15 is 0 Å². The minimum atomic E-state index is 1.04. The minimum absolute atomic E-state index is 1.04. The van der Waals surface area contributed by atoms with Crippen molar-refractivity contribution in [1.29, 1.82) is 0 Å². The lowest BCUT2D eigenvalue weighted by molar-refractivity contribution is 0.358. The molecule has 0 heterocycles. The van der Waals surface area contributed by atoms with Crippen LogP contribution in [0.2, 0.25) is 0 Å². The first-order chi connectivity index (χ1) is 5.36. The molecule has 0 N–H and O–H groups in total. The molecule has 0 atom stereocenters. The zero-order valence-electron chi connectivity index (χ0n) is 6.91. The van der Waals surface area contributed by atoms with Gasteiger partial charge in [-0.3, -0.25) is 0 Å². The first-order valence-corrected chi connectivity index (χ1v) is 5.52.